The minimum atomic E-state index is -1.02. The minimum absolute atomic E-state index is 0.303. The van der Waals surface area contributed by atoms with Crippen molar-refractivity contribution in [1.82, 2.24) is 0 Å². The average molecular weight is 158 g/mol. The third kappa shape index (κ3) is 5.20. The lowest BCUT2D eigenvalue weighted by molar-refractivity contribution is -0.138. The largest absolute Gasteiger partial charge is 0.480 e. The molecule has 11 heavy (non-hydrogen) atoms. The fourth-order valence-corrected chi connectivity index (χ4v) is 0.550. The molecule has 3 N–H and O–H groups in total. The van der Waals surface area contributed by atoms with Crippen LogP contribution in [0.4, 0.5) is 0 Å². The second kappa shape index (κ2) is 5.52. The maximum atomic E-state index is 10.1. The quantitative estimate of drug-likeness (QED) is 0.262. The first-order valence-electron chi connectivity index (χ1n) is 3.17. The van der Waals surface area contributed by atoms with Crippen LogP contribution in [0.25, 0.3) is 10.4 Å². The lowest BCUT2D eigenvalue weighted by Gasteiger charge is -2.02. The number of azide groups is 1. The molecule has 6 heteroatoms. The molecule has 0 aliphatic heterocycles. The molecule has 0 spiro atoms. The predicted octanol–water partition coefficient (Wildman–Crippen LogP) is 0.489. The Labute approximate surface area is 63.6 Å². The molecule has 0 aromatic rings. The van der Waals surface area contributed by atoms with Crippen LogP contribution < -0.4 is 5.73 Å². The maximum absolute atomic E-state index is 10.1. The average Bonchev–Trinajstić information content (AvgIpc) is 1.97. The monoisotopic (exact) mass is 158 g/mol. The molecule has 6 nitrogen and oxygen atoms in total. The van der Waals surface area contributed by atoms with Gasteiger partial charge in [0.25, 0.3) is 0 Å². The van der Waals surface area contributed by atoms with Crippen LogP contribution >= 0.6 is 0 Å². The van der Waals surface area contributed by atoms with Crippen LogP contribution in [0.5, 0.6) is 0 Å². The molecular formula is C5H10N4O2. The number of hydrogen-bond acceptors (Lipinski definition) is 3. The maximum Gasteiger partial charge on any atom is 0.320 e. The van der Waals surface area contributed by atoms with Crippen LogP contribution in [0.15, 0.2) is 5.11 Å². The van der Waals surface area contributed by atoms with Crippen molar-refractivity contribution in [3.63, 3.8) is 0 Å². The Kier molecular flexibility index (Phi) is 4.89. The van der Waals surface area contributed by atoms with E-state index in [0.29, 0.717) is 19.4 Å². The van der Waals surface area contributed by atoms with E-state index in [-0.39, 0.29) is 0 Å². The van der Waals surface area contributed by atoms with Crippen LogP contribution in [0, 0.1) is 0 Å². The summed E-state index contributed by atoms with van der Waals surface area (Å²) in [6.45, 7) is 0.303. The number of rotatable bonds is 5. The molecule has 0 saturated carbocycles. The molecule has 0 radical (unpaired) electrons. The van der Waals surface area contributed by atoms with Gasteiger partial charge in [-0.3, -0.25) is 4.79 Å². The Balaban J connectivity index is 3.38. The molecule has 62 valence electrons. The van der Waals surface area contributed by atoms with E-state index in [4.69, 9.17) is 16.4 Å². The first-order chi connectivity index (χ1) is 5.18. The van der Waals surface area contributed by atoms with Crippen molar-refractivity contribution in [2.24, 2.45) is 10.8 Å². The van der Waals surface area contributed by atoms with Crippen molar-refractivity contribution in [3.8, 4) is 0 Å². The van der Waals surface area contributed by atoms with Gasteiger partial charge in [-0.15, -0.1) is 0 Å². The molecule has 0 aromatic heterocycles. The van der Waals surface area contributed by atoms with Crippen LogP contribution in [0.3, 0.4) is 0 Å². The van der Waals surface area contributed by atoms with E-state index in [1.165, 1.54) is 0 Å². The standard InChI is InChI=1S/C5H10N4O2/c6-4(5(10)11)2-1-3-8-9-7/h4H,1-3,6H2,(H,10,11). The highest BCUT2D eigenvalue weighted by Gasteiger charge is 2.09. The molecule has 0 aliphatic rings. The third-order valence-electron chi connectivity index (χ3n) is 1.15. The van der Waals surface area contributed by atoms with Gasteiger partial charge in [0.2, 0.25) is 0 Å². The Bertz CT molecular complexity index is 175. The van der Waals surface area contributed by atoms with Gasteiger partial charge in [0.05, 0.1) is 0 Å². The fourth-order valence-electron chi connectivity index (χ4n) is 0.550. The molecule has 1 unspecified atom stereocenters. The zero-order valence-corrected chi connectivity index (χ0v) is 5.97. The highest BCUT2D eigenvalue weighted by molar-refractivity contribution is 5.72. The highest BCUT2D eigenvalue weighted by atomic mass is 16.4. The van der Waals surface area contributed by atoms with E-state index in [2.05, 4.69) is 10.0 Å². The lowest BCUT2D eigenvalue weighted by atomic mass is 10.2. The van der Waals surface area contributed by atoms with Gasteiger partial charge in [-0.2, -0.15) is 0 Å². The number of nitrogens with zero attached hydrogens (tertiary/aromatic N) is 3. The summed E-state index contributed by atoms with van der Waals surface area (Å²) in [5.74, 6) is -1.02. The molecule has 0 amide bonds. The van der Waals surface area contributed by atoms with Gasteiger partial charge in [-0.1, -0.05) is 5.11 Å². The van der Waals surface area contributed by atoms with Gasteiger partial charge in [0.15, 0.2) is 0 Å². The SMILES string of the molecule is [N-]=[N+]=NCCCC(N)C(=O)O. The van der Waals surface area contributed by atoms with E-state index in [1.54, 1.807) is 0 Å². The number of carbonyl (C=O) groups is 1. The van der Waals surface area contributed by atoms with Gasteiger partial charge in [0.1, 0.15) is 6.04 Å². The normalized spacial score (nSPS) is 11.7. The second-order valence-electron chi connectivity index (χ2n) is 2.04. The topological polar surface area (TPSA) is 112 Å². The summed E-state index contributed by atoms with van der Waals surface area (Å²) in [6.07, 6.45) is 0.853. The third-order valence-corrected chi connectivity index (χ3v) is 1.15. The Morgan fingerprint density at radius 3 is 2.91 bits per heavy atom. The Morgan fingerprint density at radius 2 is 2.45 bits per heavy atom. The summed E-state index contributed by atoms with van der Waals surface area (Å²) in [5, 5.41) is 11.5. The predicted molar refractivity (Wildman–Crippen MR) is 38.9 cm³/mol. The number of hydrogen-bond donors (Lipinski definition) is 2. The molecule has 0 bridgehead atoms. The van der Waals surface area contributed by atoms with Crippen molar-refractivity contribution in [3.05, 3.63) is 10.4 Å². The number of carboxylic acid groups (broad SMARTS) is 1. The van der Waals surface area contributed by atoms with Gasteiger partial charge in [-0.25, -0.2) is 0 Å². The van der Waals surface area contributed by atoms with Crippen molar-refractivity contribution in [2.45, 2.75) is 18.9 Å². The minimum Gasteiger partial charge on any atom is -0.480 e. The molecule has 0 aliphatic carbocycles. The Hall–Kier alpha value is -1.26. The van der Waals surface area contributed by atoms with Gasteiger partial charge >= 0.3 is 5.97 Å². The molecule has 0 aromatic carbocycles. The van der Waals surface area contributed by atoms with E-state index < -0.39 is 12.0 Å². The molecule has 0 heterocycles. The van der Waals surface area contributed by atoms with Gasteiger partial charge in [-0.05, 0) is 18.4 Å². The summed E-state index contributed by atoms with van der Waals surface area (Å²) in [6, 6.07) is -0.844. The number of aliphatic carboxylic acids is 1. The molecule has 0 fully saturated rings. The molecule has 1 atom stereocenters. The van der Waals surface area contributed by atoms with Crippen LogP contribution in [-0.2, 0) is 4.79 Å². The first kappa shape index (κ1) is 9.74. The Morgan fingerprint density at radius 1 is 1.82 bits per heavy atom. The van der Waals surface area contributed by atoms with Crippen molar-refractivity contribution in [2.75, 3.05) is 6.54 Å². The fraction of sp³-hybridized carbons (Fsp3) is 0.800. The van der Waals surface area contributed by atoms with Crippen molar-refractivity contribution < 1.29 is 9.90 Å². The van der Waals surface area contributed by atoms with E-state index >= 15 is 0 Å². The molecule has 0 saturated heterocycles. The van der Waals surface area contributed by atoms with Crippen LogP contribution in [0.1, 0.15) is 12.8 Å². The number of nitrogens with two attached hydrogens (primary N) is 1. The summed E-state index contributed by atoms with van der Waals surface area (Å²) >= 11 is 0. The smallest absolute Gasteiger partial charge is 0.320 e. The zero-order chi connectivity index (χ0) is 8.69. The van der Waals surface area contributed by atoms with Gasteiger partial charge in [0, 0.05) is 11.5 Å². The van der Waals surface area contributed by atoms with Gasteiger partial charge < -0.3 is 10.8 Å². The summed E-state index contributed by atoms with van der Waals surface area (Å²) in [7, 11) is 0. The molecular weight excluding hydrogens is 148 g/mol. The summed E-state index contributed by atoms with van der Waals surface area (Å²) < 4.78 is 0. The van der Waals surface area contributed by atoms with Crippen molar-refractivity contribution >= 4 is 5.97 Å². The first-order valence-corrected chi connectivity index (χ1v) is 3.17. The van der Waals surface area contributed by atoms with Crippen LogP contribution in [0.2, 0.25) is 0 Å². The van der Waals surface area contributed by atoms with E-state index in [0.717, 1.165) is 0 Å². The second-order valence-corrected chi connectivity index (χ2v) is 2.04. The lowest BCUT2D eigenvalue weighted by Crippen LogP contribution is -2.29. The molecule has 0 rings (SSSR count). The van der Waals surface area contributed by atoms with Crippen LogP contribution in [-0.4, -0.2) is 23.7 Å². The van der Waals surface area contributed by atoms with Crippen molar-refractivity contribution in [1.29, 1.82) is 0 Å². The highest BCUT2D eigenvalue weighted by Crippen LogP contribution is 1.94. The zero-order valence-electron chi connectivity index (χ0n) is 5.97. The summed E-state index contributed by atoms with van der Waals surface area (Å²) in [4.78, 5) is 12.6. The number of carboxylic acids is 1. The summed E-state index contributed by atoms with van der Waals surface area (Å²) in [5.41, 5.74) is 13.0. The van der Waals surface area contributed by atoms with E-state index in [9.17, 15) is 4.79 Å². The van der Waals surface area contributed by atoms with E-state index in [1.807, 2.05) is 0 Å².